The molecule has 0 atom stereocenters. The van der Waals surface area contributed by atoms with Crippen molar-refractivity contribution in [2.75, 3.05) is 0 Å². The Hall–Kier alpha value is -7.86. The first-order chi connectivity index (χ1) is 30.2. The Morgan fingerprint density at radius 2 is 0.967 bits per heavy atom. The summed E-state index contributed by atoms with van der Waals surface area (Å²) in [6, 6.07) is 74.2. The molecule has 0 aliphatic rings. The number of fused-ring (bicyclic) bond motifs is 11. The highest BCUT2D eigenvalue weighted by Gasteiger charge is 2.20. The summed E-state index contributed by atoms with van der Waals surface area (Å²) in [4.78, 5) is 10.0. The molecule has 13 aromatic rings. The highest BCUT2D eigenvalue weighted by atomic mass is 32.1. The van der Waals surface area contributed by atoms with E-state index in [9.17, 15) is 0 Å². The van der Waals surface area contributed by atoms with Crippen LogP contribution in [0.3, 0.4) is 0 Å². The first kappa shape index (κ1) is 34.0. The predicted octanol–water partition coefficient (Wildman–Crippen LogP) is 15.2. The second-order valence-electron chi connectivity index (χ2n) is 15.8. The maximum Gasteiger partial charge on any atom is 0.160 e. The van der Waals surface area contributed by atoms with Crippen LogP contribution in [0.4, 0.5) is 0 Å². The van der Waals surface area contributed by atoms with E-state index in [1.807, 2.05) is 35.6 Å². The van der Waals surface area contributed by atoms with Gasteiger partial charge in [0.15, 0.2) is 5.82 Å². The molecule has 4 aromatic heterocycles. The fourth-order valence-corrected chi connectivity index (χ4v) is 10.8. The van der Waals surface area contributed by atoms with Gasteiger partial charge in [0.05, 0.1) is 38.0 Å². The summed E-state index contributed by atoms with van der Waals surface area (Å²) in [7, 11) is 0. The third-order valence-electron chi connectivity index (χ3n) is 12.3. The first-order valence-electron chi connectivity index (χ1n) is 20.7. The van der Waals surface area contributed by atoms with E-state index < -0.39 is 0 Å². The Kier molecular flexibility index (Phi) is 7.44. The van der Waals surface area contributed by atoms with Crippen LogP contribution in [-0.2, 0) is 0 Å². The van der Waals surface area contributed by atoms with Gasteiger partial charge in [-0.05, 0) is 65.7 Å². The van der Waals surface area contributed by atoms with Crippen LogP contribution in [0.1, 0.15) is 0 Å². The van der Waals surface area contributed by atoms with Gasteiger partial charge in [-0.25, -0.2) is 9.97 Å². The molecule has 0 aliphatic heterocycles. The normalized spacial score (nSPS) is 11.9. The maximum absolute atomic E-state index is 5.11. The molecule has 0 amide bonds. The Morgan fingerprint density at radius 3 is 1.77 bits per heavy atom. The second kappa shape index (κ2) is 13.3. The zero-order valence-corrected chi connectivity index (χ0v) is 33.6. The quantitative estimate of drug-likeness (QED) is 0.174. The Morgan fingerprint density at radius 1 is 0.344 bits per heavy atom. The number of aromatic nitrogens is 4. The predicted molar refractivity (Wildman–Crippen MR) is 257 cm³/mol. The third-order valence-corrected chi connectivity index (χ3v) is 13.5. The topological polar surface area (TPSA) is 35.6 Å². The molecule has 9 aromatic carbocycles. The number of rotatable bonds is 5. The molecule has 0 radical (unpaired) electrons. The number of para-hydroxylation sites is 4. The molecule has 4 nitrogen and oxygen atoms in total. The summed E-state index contributed by atoms with van der Waals surface area (Å²) in [5.41, 5.74) is 13.5. The molecule has 0 saturated carbocycles. The number of nitrogens with zero attached hydrogens (tertiary/aromatic N) is 4. The van der Waals surface area contributed by atoms with Crippen LogP contribution in [0, 0.1) is 0 Å². The van der Waals surface area contributed by atoms with Gasteiger partial charge in [0.1, 0.15) is 0 Å². The lowest BCUT2D eigenvalue weighted by atomic mass is 10.0. The molecule has 5 heteroatoms. The van der Waals surface area contributed by atoms with Crippen molar-refractivity contribution in [2.45, 2.75) is 0 Å². The monoisotopic (exact) mass is 794 g/mol. The zero-order valence-electron chi connectivity index (χ0n) is 32.8. The lowest BCUT2D eigenvalue weighted by Gasteiger charge is -2.12. The van der Waals surface area contributed by atoms with Gasteiger partial charge >= 0.3 is 0 Å². The highest BCUT2D eigenvalue weighted by Crippen LogP contribution is 2.46. The van der Waals surface area contributed by atoms with Crippen molar-refractivity contribution in [2.24, 2.45) is 0 Å². The lowest BCUT2D eigenvalue weighted by Crippen LogP contribution is -1.95. The average Bonchev–Trinajstić information content (AvgIpc) is 3.98. The van der Waals surface area contributed by atoms with Gasteiger partial charge in [0.25, 0.3) is 0 Å². The van der Waals surface area contributed by atoms with Crippen molar-refractivity contribution in [3.05, 3.63) is 206 Å². The number of thiophene rings is 1. The Balaban J connectivity index is 0.957. The van der Waals surface area contributed by atoms with E-state index in [0.717, 1.165) is 50.4 Å². The molecule has 13 rings (SSSR count). The molecule has 0 unspecified atom stereocenters. The summed E-state index contributed by atoms with van der Waals surface area (Å²) in [6.07, 6.45) is 0. The summed E-state index contributed by atoms with van der Waals surface area (Å²) in [5.74, 6) is 0.730. The van der Waals surface area contributed by atoms with Gasteiger partial charge in [-0.15, -0.1) is 11.3 Å². The van der Waals surface area contributed by atoms with Crippen LogP contribution in [0.2, 0.25) is 0 Å². The molecule has 0 N–H and O–H groups in total. The number of hydrogen-bond acceptors (Lipinski definition) is 3. The number of hydrogen-bond donors (Lipinski definition) is 0. The standard InChI is InChI=1S/C56H34N4S/c1-3-14-37(15-4-1)56-57-48-23-10-7-22-45(48)53(58-56)36-28-26-35(27-29-36)38-16-13-19-40(32-38)59-49-24-11-9-21-42(49)46-33-47-44-31-30-43-41-20-8-12-25-50(41)60(39-17-5-2-6-18-39)54(43)55(44)61-52(47)34-51(46)59/h1-34H. The van der Waals surface area contributed by atoms with Gasteiger partial charge in [-0.2, -0.15) is 0 Å². The summed E-state index contributed by atoms with van der Waals surface area (Å²) >= 11 is 1.90. The first-order valence-corrected chi connectivity index (χ1v) is 21.5. The van der Waals surface area contributed by atoms with Crippen molar-refractivity contribution >= 4 is 86.0 Å². The molecule has 0 spiro atoms. The van der Waals surface area contributed by atoms with E-state index in [1.165, 1.54) is 69.5 Å². The van der Waals surface area contributed by atoms with Crippen LogP contribution in [0.5, 0.6) is 0 Å². The lowest BCUT2D eigenvalue weighted by molar-refractivity contribution is 1.18. The van der Waals surface area contributed by atoms with Gasteiger partial charge in [0, 0.05) is 64.9 Å². The van der Waals surface area contributed by atoms with E-state index in [1.54, 1.807) is 0 Å². The Bertz CT molecular complexity index is 3860. The van der Waals surface area contributed by atoms with Crippen LogP contribution in [0.15, 0.2) is 206 Å². The minimum Gasteiger partial charge on any atom is -0.309 e. The van der Waals surface area contributed by atoms with Gasteiger partial charge in [-0.3, -0.25) is 0 Å². The molecule has 0 saturated heterocycles. The van der Waals surface area contributed by atoms with E-state index in [2.05, 4.69) is 191 Å². The highest BCUT2D eigenvalue weighted by molar-refractivity contribution is 7.26. The van der Waals surface area contributed by atoms with Crippen molar-refractivity contribution in [3.63, 3.8) is 0 Å². The van der Waals surface area contributed by atoms with E-state index in [4.69, 9.17) is 9.97 Å². The van der Waals surface area contributed by atoms with Crippen molar-refractivity contribution in [1.82, 2.24) is 19.1 Å². The molecule has 61 heavy (non-hydrogen) atoms. The number of benzene rings is 9. The van der Waals surface area contributed by atoms with Gasteiger partial charge < -0.3 is 9.13 Å². The maximum atomic E-state index is 5.11. The van der Waals surface area contributed by atoms with E-state index in [-0.39, 0.29) is 0 Å². The van der Waals surface area contributed by atoms with Crippen LogP contribution in [-0.4, -0.2) is 19.1 Å². The molecule has 4 heterocycles. The zero-order chi connectivity index (χ0) is 40.0. The van der Waals surface area contributed by atoms with Crippen LogP contribution in [0.25, 0.3) is 120 Å². The molecule has 0 aliphatic carbocycles. The van der Waals surface area contributed by atoms with Crippen molar-refractivity contribution in [3.8, 4) is 45.1 Å². The molecule has 0 fully saturated rings. The Labute approximate surface area is 354 Å². The summed E-state index contributed by atoms with van der Waals surface area (Å²) in [5, 5.41) is 8.70. The van der Waals surface area contributed by atoms with E-state index >= 15 is 0 Å². The largest absolute Gasteiger partial charge is 0.309 e. The van der Waals surface area contributed by atoms with Crippen molar-refractivity contribution < 1.29 is 0 Å². The van der Waals surface area contributed by atoms with Gasteiger partial charge in [0.2, 0.25) is 0 Å². The van der Waals surface area contributed by atoms with Gasteiger partial charge in [-0.1, -0.05) is 152 Å². The molecule has 284 valence electrons. The SMILES string of the molecule is c1ccc(-c2nc(-c3ccc(-c4cccc(-n5c6ccccc6c6cc7c(cc65)sc5c7ccc6c7ccccc7n(-c7ccccc7)c65)c4)cc3)c3ccccc3n2)cc1. The molecule has 0 bridgehead atoms. The van der Waals surface area contributed by atoms with Crippen LogP contribution >= 0.6 is 11.3 Å². The van der Waals surface area contributed by atoms with Crippen LogP contribution < -0.4 is 0 Å². The minimum atomic E-state index is 0.730. The summed E-state index contributed by atoms with van der Waals surface area (Å²) in [6.45, 7) is 0. The second-order valence-corrected chi connectivity index (χ2v) is 16.8. The minimum absolute atomic E-state index is 0.730. The fourth-order valence-electron chi connectivity index (χ4n) is 9.53. The fraction of sp³-hybridized carbons (Fsp3) is 0. The smallest absolute Gasteiger partial charge is 0.160 e. The van der Waals surface area contributed by atoms with E-state index in [0.29, 0.717) is 0 Å². The third kappa shape index (κ3) is 5.24. The van der Waals surface area contributed by atoms with Crippen molar-refractivity contribution in [1.29, 1.82) is 0 Å². The molecular weight excluding hydrogens is 761 g/mol. The summed E-state index contributed by atoms with van der Waals surface area (Å²) < 4.78 is 7.49. The average molecular weight is 795 g/mol. The molecular formula is C56H34N4S.